The van der Waals surface area contributed by atoms with Gasteiger partial charge in [-0.1, -0.05) is 37.3 Å². The van der Waals surface area contributed by atoms with Crippen LogP contribution in [0.3, 0.4) is 0 Å². The Balaban J connectivity index is 1.72. The van der Waals surface area contributed by atoms with E-state index in [4.69, 9.17) is 16.3 Å². The molecule has 5 rings (SSSR count). The first-order valence-corrected chi connectivity index (χ1v) is 9.85. The van der Waals surface area contributed by atoms with Crippen molar-refractivity contribution in [2.45, 2.75) is 34.0 Å². The topological polar surface area (TPSA) is 38.9 Å². The number of aromatic nitrogens is 2. The first-order chi connectivity index (χ1) is 16.4. The zero-order valence-corrected chi connectivity index (χ0v) is 17.1. The summed E-state index contributed by atoms with van der Waals surface area (Å²) < 4.78 is 46.0. The molecule has 3 aromatic heterocycles. The Labute approximate surface area is 183 Å². The smallest absolute Gasteiger partial charge is 0.227 e. The van der Waals surface area contributed by atoms with Crippen molar-refractivity contribution < 1.29 is 11.3 Å². The summed E-state index contributed by atoms with van der Waals surface area (Å²) in [5, 5.41) is 1.72. The molecule has 0 bridgehead atoms. The van der Waals surface area contributed by atoms with Crippen molar-refractivity contribution in [2.75, 3.05) is 0 Å². The minimum absolute atomic E-state index is 0.0889. The van der Waals surface area contributed by atoms with E-state index in [2.05, 4.69) is 31.0 Å². The summed E-state index contributed by atoms with van der Waals surface area (Å²) in [4.78, 5) is 9.21. The van der Waals surface area contributed by atoms with Crippen LogP contribution in [0.4, 0.5) is 0 Å². The van der Waals surface area contributed by atoms with Gasteiger partial charge in [0.15, 0.2) is 0 Å². The molecule has 0 aliphatic carbocycles. The number of furan rings is 1. The van der Waals surface area contributed by atoms with Crippen molar-refractivity contribution in [3.63, 3.8) is 0 Å². The van der Waals surface area contributed by atoms with E-state index in [9.17, 15) is 0 Å². The highest BCUT2D eigenvalue weighted by Crippen LogP contribution is 2.36. The number of hydrogen-bond acceptors (Lipinski definition) is 3. The molecule has 3 nitrogen and oxygen atoms in total. The lowest BCUT2D eigenvalue weighted by atomic mass is 9.99. The second kappa shape index (κ2) is 7.10. The maximum Gasteiger partial charge on any atom is 0.227 e. The van der Waals surface area contributed by atoms with Crippen LogP contribution in [0.1, 0.15) is 36.0 Å². The number of benzene rings is 2. The molecule has 0 atom stereocenters. The lowest BCUT2D eigenvalue weighted by Crippen LogP contribution is -1.91. The van der Waals surface area contributed by atoms with Crippen LogP contribution in [0.2, 0.25) is 0 Å². The van der Waals surface area contributed by atoms with Gasteiger partial charge in [0.25, 0.3) is 0 Å². The molecule has 0 spiro atoms. The molecule has 0 saturated carbocycles. The lowest BCUT2D eigenvalue weighted by molar-refractivity contribution is 0.655. The summed E-state index contributed by atoms with van der Waals surface area (Å²) >= 11 is 0. The van der Waals surface area contributed by atoms with Gasteiger partial charge in [0.1, 0.15) is 5.58 Å². The van der Waals surface area contributed by atoms with Gasteiger partial charge in [0, 0.05) is 34.9 Å². The first kappa shape index (κ1) is 13.7. The number of hydrogen-bond donors (Lipinski definition) is 0. The molecule has 0 amide bonds. The zero-order valence-electron chi connectivity index (χ0n) is 22.1. The lowest BCUT2D eigenvalue weighted by Gasteiger charge is -2.08. The van der Waals surface area contributed by atoms with E-state index in [0.29, 0.717) is 22.6 Å². The van der Waals surface area contributed by atoms with Crippen LogP contribution in [-0.4, -0.2) is 9.97 Å². The number of rotatable bonds is 3. The van der Waals surface area contributed by atoms with Gasteiger partial charge >= 0.3 is 0 Å². The Morgan fingerprint density at radius 1 is 0.933 bits per heavy atom. The van der Waals surface area contributed by atoms with Gasteiger partial charge in [-0.05, 0) is 73.6 Å². The van der Waals surface area contributed by atoms with Crippen LogP contribution in [0, 0.1) is 20.7 Å². The molecule has 3 heteroatoms. The van der Waals surface area contributed by atoms with E-state index in [1.807, 2.05) is 36.4 Å². The van der Waals surface area contributed by atoms with Crippen LogP contribution < -0.4 is 0 Å². The van der Waals surface area contributed by atoms with Crippen molar-refractivity contribution >= 4 is 22.1 Å². The fourth-order valence-corrected chi connectivity index (χ4v) is 4.05. The third-order valence-electron chi connectivity index (χ3n) is 5.55. The van der Waals surface area contributed by atoms with Crippen molar-refractivity contribution in [1.82, 2.24) is 9.97 Å². The molecular formula is C27H24N2O. The minimum atomic E-state index is -2.47. The normalized spacial score (nSPS) is 14.8. The average molecular weight is 398 g/mol. The van der Waals surface area contributed by atoms with Gasteiger partial charge in [-0.15, -0.1) is 0 Å². The summed E-state index contributed by atoms with van der Waals surface area (Å²) in [7, 11) is 0. The highest BCUT2D eigenvalue weighted by atomic mass is 16.3. The molecule has 0 radical (unpaired) electrons. The Kier molecular flexibility index (Phi) is 3.24. The van der Waals surface area contributed by atoms with Crippen LogP contribution in [0.5, 0.6) is 0 Å². The summed E-state index contributed by atoms with van der Waals surface area (Å²) in [5.74, 6) is 0. The molecule has 0 saturated heterocycles. The van der Waals surface area contributed by atoms with E-state index in [1.54, 1.807) is 0 Å². The molecule has 30 heavy (non-hydrogen) atoms. The van der Waals surface area contributed by atoms with E-state index in [0.717, 1.165) is 33.2 Å². The van der Waals surface area contributed by atoms with Gasteiger partial charge in [-0.2, -0.15) is 0 Å². The molecule has 0 N–H and O–H groups in total. The number of fused-ring (bicyclic) bond motifs is 3. The van der Waals surface area contributed by atoms with Crippen molar-refractivity contribution in [2.24, 2.45) is 0 Å². The van der Waals surface area contributed by atoms with E-state index in [1.165, 1.54) is 19.2 Å². The maximum atomic E-state index is 8.20. The maximum absolute atomic E-state index is 8.20. The second-order valence-electron chi connectivity index (χ2n) is 7.47. The largest absolute Gasteiger partial charge is 0.437 e. The highest BCUT2D eigenvalue weighted by Gasteiger charge is 2.16. The molecule has 0 fully saturated rings. The summed E-state index contributed by atoms with van der Waals surface area (Å²) in [6.45, 7) is 3.00. The highest BCUT2D eigenvalue weighted by molar-refractivity contribution is 6.08. The number of nitrogens with zero attached hydrogens (tertiary/aromatic N) is 2. The predicted molar refractivity (Wildman–Crippen MR) is 124 cm³/mol. The van der Waals surface area contributed by atoms with Gasteiger partial charge in [-0.3, -0.25) is 4.98 Å². The standard InChI is InChI=1S/C27H24N2O/c1-5-19-14-24(28-15-18(19)4)22-11-7-10-20-21-12-13-23(29-27(21)30-26(20)22)25-16(2)8-6-9-17(25)3/h6-15H,5H2,1-4H3/i4D3,5D2. The molecule has 0 unspecified atom stereocenters. The third-order valence-corrected chi connectivity index (χ3v) is 5.55. The molecule has 3 heterocycles. The molecular weight excluding hydrogens is 368 g/mol. The Morgan fingerprint density at radius 3 is 2.50 bits per heavy atom. The quantitative estimate of drug-likeness (QED) is 0.323. The monoisotopic (exact) mass is 397 g/mol. The van der Waals surface area contributed by atoms with E-state index < -0.39 is 13.2 Å². The van der Waals surface area contributed by atoms with Crippen molar-refractivity contribution in [3.05, 3.63) is 83.0 Å². The summed E-state index contributed by atoms with van der Waals surface area (Å²) in [6.07, 6.45) is -0.608. The second-order valence-corrected chi connectivity index (χ2v) is 7.47. The number of aryl methyl sites for hydroxylation is 4. The Morgan fingerprint density at radius 2 is 1.73 bits per heavy atom. The zero-order chi connectivity index (χ0) is 25.1. The summed E-state index contributed by atoms with van der Waals surface area (Å²) in [5.41, 5.74) is 6.33. The van der Waals surface area contributed by atoms with Gasteiger partial charge in [0.2, 0.25) is 5.71 Å². The van der Waals surface area contributed by atoms with Crippen molar-refractivity contribution in [1.29, 1.82) is 0 Å². The Hall–Kier alpha value is -3.46. The molecule has 5 aromatic rings. The fraction of sp³-hybridized carbons (Fsp3) is 0.185. The van der Waals surface area contributed by atoms with Crippen molar-refractivity contribution in [3.8, 4) is 22.5 Å². The predicted octanol–water partition coefficient (Wildman–Crippen LogP) is 7.20. The minimum Gasteiger partial charge on any atom is -0.437 e. The SMILES string of the molecule is [2H]C([2H])([2H])c1cnc(-c2cccc3c2oc2nc(-c4c(C)cccc4C)ccc23)cc1C([2H])([2H])C. The number of para-hydroxylation sites is 1. The van der Waals surface area contributed by atoms with E-state index in [-0.39, 0.29) is 11.1 Å². The van der Waals surface area contributed by atoms with Crippen LogP contribution in [0.15, 0.2) is 65.2 Å². The van der Waals surface area contributed by atoms with Crippen LogP contribution >= 0.6 is 0 Å². The van der Waals surface area contributed by atoms with Crippen LogP contribution in [-0.2, 0) is 6.37 Å². The fourth-order valence-electron chi connectivity index (χ4n) is 4.05. The van der Waals surface area contributed by atoms with E-state index >= 15 is 0 Å². The Bertz CT molecular complexity index is 1580. The molecule has 148 valence electrons. The average Bonchev–Trinajstić information content (AvgIpc) is 3.15. The molecule has 0 aliphatic rings. The third kappa shape index (κ3) is 2.89. The van der Waals surface area contributed by atoms with Crippen LogP contribution in [0.25, 0.3) is 44.6 Å². The van der Waals surface area contributed by atoms with Gasteiger partial charge in [0.05, 0.1) is 11.4 Å². The summed E-state index contributed by atoms with van der Waals surface area (Å²) in [6, 6.07) is 17.3. The first-order valence-electron chi connectivity index (χ1n) is 12.4. The van der Waals surface area contributed by atoms with Gasteiger partial charge in [-0.25, -0.2) is 4.98 Å². The molecule has 2 aromatic carbocycles. The number of pyridine rings is 2. The molecule has 0 aliphatic heterocycles. The van der Waals surface area contributed by atoms with Gasteiger partial charge < -0.3 is 4.42 Å².